The number of carbonyl (C=O) groups excluding carboxylic acids is 1. The summed E-state index contributed by atoms with van der Waals surface area (Å²) < 4.78 is 0.933. The van der Waals surface area contributed by atoms with Gasteiger partial charge in [0.1, 0.15) is 10.4 Å². The molecule has 1 amide bonds. The van der Waals surface area contributed by atoms with Crippen LogP contribution in [0.15, 0.2) is 30.0 Å². The van der Waals surface area contributed by atoms with Gasteiger partial charge >= 0.3 is 0 Å². The second-order valence-corrected chi connectivity index (χ2v) is 5.24. The molecule has 0 unspecified atom stereocenters. The van der Waals surface area contributed by atoms with Crippen molar-refractivity contribution in [2.75, 3.05) is 12.3 Å². The minimum Gasteiger partial charge on any atom is -0.396 e. The summed E-state index contributed by atoms with van der Waals surface area (Å²) in [7, 11) is 0. The number of nitrogens with zero attached hydrogens (tertiary/aromatic N) is 1. The zero-order valence-corrected chi connectivity index (χ0v) is 11.2. The molecular weight excluding hydrogens is 246 g/mol. The Morgan fingerprint density at radius 2 is 2.33 bits per heavy atom. The molecule has 0 spiro atoms. The maximum Gasteiger partial charge on any atom is 0.263 e. The predicted molar refractivity (Wildman–Crippen MR) is 75.8 cm³/mol. The number of thiophene rings is 1. The minimum absolute atomic E-state index is 0.145. The Morgan fingerprint density at radius 1 is 1.56 bits per heavy atom. The van der Waals surface area contributed by atoms with Crippen LogP contribution in [0.1, 0.15) is 23.5 Å². The van der Waals surface area contributed by atoms with Crippen molar-refractivity contribution in [3.8, 4) is 0 Å². The van der Waals surface area contributed by atoms with Crippen molar-refractivity contribution < 1.29 is 4.79 Å². The van der Waals surface area contributed by atoms with Crippen molar-refractivity contribution in [2.45, 2.75) is 13.8 Å². The molecule has 2 aromatic rings. The van der Waals surface area contributed by atoms with Gasteiger partial charge in [-0.25, -0.2) is 0 Å². The van der Waals surface area contributed by atoms with Gasteiger partial charge in [0.05, 0.1) is 10.4 Å². The van der Waals surface area contributed by atoms with Crippen molar-refractivity contribution in [1.29, 1.82) is 0 Å². The molecule has 0 saturated carbocycles. The van der Waals surface area contributed by atoms with Crippen LogP contribution in [0.3, 0.4) is 0 Å². The Labute approximate surface area is 110 Å². The Kier molecular flexibility index (Phi) is 3.62. The fraction of sp³-hybridized carbons (Fsp3) is 0.231. The highest BCUT2D eigenvalue weighted by atomic mass is 32.1. The Bertz CT molecular complexity index is 612. The van der Waals surface area contributed by atoms with Gasteiger partial charge in [0, 0.05) is 12.7 Å². The molecule has 3 N–H and O–H groups in total. The molecule has 18 heavy (non-hydrogen) atoms. The number of allylic oxidation sites excluding steroid dienone is 1. The molecule has 0 atom stereocenters. The van der Waals surface area contributed by atoms with E-state index >= 15 is 0 Å². The maximum atomic E-state index is 12.0. The molecule has 0 aliphatic rings. The van der Waals surface area contributed by atoms with E-state index in [-0.39, 0.29) is 5.91 Å². The molecule has 2 rings (SSSR count). The van der Waals surface area contributed by atoms with E-state index in [0.717, 1.165) is 4.70 Å². The second kappa shape index (κ2) is 5.18. The first-order valence-corrected chi connectivity index (χ1v) is 6.46. The molecule has 2 aromatic heterocycles. The van der Waals surface area contributed by atoms with Crippen molar-refractivity contribution in [3.05, 3.63) is 34.9 Å². The third-order valence-electron chi connectivity index (χ3n) is 2.46. The minimum atomic E-state index is -0.145. The van der Waals surface area contributed by atoms with Crippen molar-refractivity contribution in [1.82, 2.24) is 10.3 Å². The highest BCUT2D eigenvalue weighted by Gasteiger charge is 2.16. The van der Waals surface area contributed by atoms with Gasteiger partial charge in [0.15, 0.2) is 0 Å². The first-order chi connectivity index (χ1) is 8.59. The van der Waals surface area contributed by atoms with E-state index in [1.165, 1.54) is 16.9 Å². The lowest BCUT2D eigenvalue weighted by atomic mass is 10.3. The summed E-state index contributed by atoms with van der Waals surface area (Å²) in [6.07, 6.45) is 3.63. The molecule has 0 bridgehead atoms. The van der Waals surface area contributed by atoms with E-state index in [1.54, 1.807) is 6.20 Å². The van der Waals surface area contributed by atoms with E-state index in [1.807, 2.05) is 32.1 Å². The zero-order valence-electron chi connectivity index (χ0n) is 10.4. The predicted octanol–water partition coefficient (Wildman–Crippen LogP) is 2.57. The summed E-state index contributed by atoms with van der Waals surface area (Å²) in [5.41, 5.74) is 8.28. The molecule has 0 aliphatic carbocycles. The molecule has 5 heteroatoms. The molecule has 0 fully saturated rings. The van der Waals surface area contributed by atoms with Gasteiger partial charge < -0.3 is 11.1 Å². The van der Waals surface area contributed by atoms with Crippen molar-refractivity contribution >= 4 is 33.1 Å². The smallest absolute Gasteiger partial charge is 0.263 e. The third-order valence-corrected chi connectivity index (χ3v) is 3.62. The highest BCUT2D eigenvalue weighted by molar-refractivity contribution is 7.21. The van der Waals surface area contributed by atoms with Crippen LogP contribution >= 0.6 is 11.3 Å². The van der Waals surface area contributed by atoms with Gasteiger partial charge in [-0.05, 0) is 26.0 Å². The summed E-state index contributed by atoms with van der Waals surface area (Å²) in [6, 6.07) is 3.75. The number of pyridine rings is 1. The standard InChI is InChI=1S/C13H15N3OS/c1-8(2)5-7-16-13(17)12-10(14)11-9(18-12)4-3-6-15-11/h3-6H,7,14H2,1-2H3,(H,16,17). The fourth-order valence-corrected chi connectivity index (χ4v) is 2.54. The molecule has 0 aliphatic heterocycles. The fourth-order valence-electron chi connectivity index (χ4n) is 1.54. The van der Waals surface area contributed by atoms with Crippen LogP contribution in [-0.4, -0.2) is 17.4 Å². The van der Waals surface area contributed by atoms with E-state index in [4.69, 9.17) is 5.73 Å². The largest absolute Gasteiger partial charge is 0.396 e. The first kappa shape index (κ1) is 12.6. The van der Waals surface area contributed by atoms with E-state index < -0.39 is 0 Å². The zero-order chi connectivity index (χ0) is 13.1. The normalized spacial score (nSPS) is 10.3. The third kappa shape index (κ3) is 2.51. The summed E-state index contributed by atoms with van der Waals surface area (Å²) in [6.45, 7) is 4.50. The highest BCUT2D eigenvalue weighted by Crippen LogP contribution is 2.31. The van der Waals surface area contributed by atoms with Crippen LogP contribution in [0.25, 0.3) is 10.2 Å². The quantitative estimate of drug-likeness (QED) is 0.834. The monoisotopic (exact) mass is 261 g/mol. The van der Waals surface area contributed by atoms with Gasteiger partial charge in [0.25, 0.3) is 5.91 Å². The summed E-state index contributed by atoms with van der Waals surface area (Å²) in [5.74, 6) is -0.145. The van der Waals surface area contributed by atoms with E-state index in [2.05, 4.69) is 10.3 Å². The Hall–Kier alpha value is -1.88. The van der Waals surface area contributed by atoms with Crippen molar-refractivity contribution in [2.24, 2.45) is 0 Å². The number of nitrogens with one attached hydrogen (secondary N) is 1. The van der Waals surface area contributed by atoms with Crippen LogP contribution in [0.4, 0.5) is 5.69 Å². The summed E-state index contributed by atoms with van der Waals surface area (Å²) >= 11 is 1.37. The number of nitrogens with two attached hydrogens (primary N) is 1. The number of aromatic nitrogens is 1. The van der Waals surface area contributed by atoms with E-state index in [9.17, 15) is 4.79 Å². The summed E-state index contributed by atoms with van der Waals surface area (Å²) in [5, 5.41) is 2.82. The number of anilines is 1. The topological polar surface area (TPSA) is 68.0 Å². The number of fused-ring (bicyclic) bond motifs is 1. The second-order valence-electron chi connectivity index (χ2n) is 4.19. The Morgan fingerprint density at radius 3 is 3.00 bits per heavy atom. The molecule has 94 valence electrons. The molecule has 0 saturated heterocycles. The van der Waals surface area contributed by atoms with Gasteiger partial charge in [-0.15, -0.1) is 11.3 Å². The number of carbonyl (C=O) groups is 1. The molecule has 0 aromatic carbocycles. The van der Waals surface area contributed by atoms with Crippen molar-refractivity contribution in [3.63, 3.8) is 0 Å². The SMILES string of the molecule is CC(C)=CCNC(=O)c1sc2cccnc2c1N. The summed E-state index contributed by atoms with van der Waals surface area (Å²) in [4.78, 5) is 16.7. The molecular formula is C13H15N3OS. The van der Waals surface area contributed by atoms with Gasteiger partial charge in [-0.1, -0.05) is 11.6 Å². The van der Waals surface area contributed by atoms with E-state index in [0.29, 0.717) is 22.6 Å². The Balaban J connectivity index is 2.23. The van der Waals surface area contributed by atoms with Gasteiger partial charge in [0.2, 0.25) is 0 Å². The maximum absolute atomic E-state index is 12.0. The van der Waals surface area contributed by atoms with Crippen LogP contribution in [0, 0.1) is 0 Å². The first-order valence-electron chi connectivity index (χ1n) is 5.64. The average molecular weight is 261 g/mol. The average Bonchev–Trinajstić information content (AvgIpc) is 2.67. The molecule has 2 heterocycles. The molecule has 0 radical (unpaired) electrons. The van der Waals surface area contributed by atoms with Crippen LogP contribution in [0.5, 0.6) is 0 Å². The van der Waals surface area contributed by atoms with Crippen LogP contribution in [0.2, 0.25) is 0 Å². The van der Waals surface area contributed by atoms with Gasteiger partial charge in [-0.2, -0.15) is 0 Å². The van der Waals surface area contributed by atoms with Gasteiger partial charge in [-0.3, -0.25) is 9.78 Å². The molecule has 4 nitrogen and oxygen atoms in total. The van der Waals surface area contributed by atoms with Crippen LogP contribution < -0.4 is 11.1 Å². The van der Waals surface area contributed by atoms with Crippen LogP contribution in [-0.2, 0) is 0 Å². The number of amides is 1. The lowest BCUT2D eigenvalue weighted by molar-refractivity contribution is 0.0963. The lowest BCUT2D eigenvalue weighted by Crippen LogP contribution is -2.23. The lowest BCUT2D eigenvalue weighted by Gasteiger charge is -2.01. The number of rotatable bonds is 3. The number of hydrogen-bond acceptors (Lipinski definition) is 4. The number of hydrogen-bond donors (Lipinski definition) is 2. The number of nitrogen functional groups attached to an aromatic ring is 1.